The van der Waals surface area contributed by atoms with Crippen molar-refractivity contribution in [1.82, 2.24) is 9.47 Å². The number of rotatable bonds is 4. The average Bonchev–Trinajstić information content (AvgIpc) is 2.96. The van der Waals surface area contributed by atoms with E-state index in [1.807, 2.05) is 42.0 Å². The van der Waals surface area contributed by atoms with Crippen molar-refractivity contribution in [2.75, 3.05) is 7.05 Å². The second-order valence-corrected chi connectivity index (χ2v) is 6.11. The van der Waals surface area contributed by atoms with Gasteiger partial charge in [0.25, 0.3) is 5.91 Å². The zero-order valence-electron chi connectivity index (χ0n) is 13.6. The highest BCUT2D eigenvalue weighted by molar-refractivity contribution is 6.31. The topological polar surface area (TPSA) is 25.2 Å². The fraction of sp³-hybridized carbons (Fsp3) is 0.211. The first-order chi connectivity index (χ1) is 11.5. The molecule has 0 fully saturated rings. The number of nitrogens with zero attached hydrogens (tertiary/aromatic N) is 2. The molecular formula is C19H18ClFN2O. The third kappa shape index (κ3) is 2.89. The molecule has 3 nitrogen and oxygen atoms in total. The third-order valence-electron chi connectivity index (χ3n) is 4.16. The minimum atomic E-state index is -0.405. The van der Waals surface area contributed by atoms with Crippen LogP contribution in [0.15, 0.2) is 48.7 Å². The highest BCUT2D eigenvalue weighted by Gasteiger charge is 2.20. The van der Waals surface area contributed by atoms with Gasteiger partial charge in [0, 0.05) is 47.8 Å². The van der Waals surface area contributed by atoms with Crippen LogP contribution in [0.3, 0.4) is 0 Å². The number of para-hydroxylation sites is 1. The quantitative estimate of drug-likeness (QED) is 0.672. The van der Waals surface area contributed by atoms with Gasteiger partial charge in [-0.25, -0.2) is 4.39 Å². The fourth-order valence-corrected chi connectivity index (χ4v) is 3.10. The number of aryl methyl sites for hydroxylation is 1. The van der Waals surface area contributed by atoms with Crippen LogP contribution in [0.4, 0.5) is 4.39 Å². The number of carbonyl (C=O) groups excluding carboxylic acids is 1. The first-order valence-corrected chi connectivity index (χ1v) is 8.17. The van der Waals surface area contributed by atoms with Crippen molar-refractivity contribution in [3.05, 3.63) is 70.6 Å². The molecule has 0 atom stereocenters. The zero-order valence-corrected chi connectivity index (χ0v) is 14.3. The lowest BCUT2D eigenvalue weighted by Crippen LogP contribution is -2.26. The van der Waals surface area contributed by atoms with Gasteiger partial charge in [0.2, 0.25) is 0 Å². The van der Waals surface area contributed by atoms with E-state index >= 15 is 0 Å². The molecule has 0 aliphatic heterocycles. The van der Waals surface area contributed by atoms with Crippen LogP contribution in [0.25, 0.3) is 10.9 Å². The molecule has 5 heteroatoms. The minimum Gasteiger partial charge on any atom is -0.347 e. The first-order valence-electron chi connectivity index (χ1n) is 7.79. The van der Waals surface area contributed by atoms with Gasteiger partial charge in [0.1, 0.15) is 5.82 Å². The maximum Gasteiger partial charge on any atom is 0.256 e. The molecule has 1 amide bonds. The predicted molar refractivity (Wildman–Crippen MR) is 94.8 cm³/mol. The summed E-state index contributed by atoms with van der Waals surface area (Å²) in [5.41, 5.74) is 1.96. The summed E-state index contributed by atoms with van der Waals surface area (Å²) in [4.78, 5) is 14.4. The van der Waals surface area contributed by atoms with E-state index in [-0.39, 0.29) is 12.5 Å². The number of amides is 1. The van der Waals surface area contributed by atoms with E-state index in [0.717, 1.165) is 17.4 Å². The Balaban J connectivity index is 1.94. The summed E-state index contributed by atoms with van der Waals surface area (Å²) in [6.07, 6.45) is 1.85. The van der Waals surface area contributed by atoms with Gasteiger partial charge in [-0.2, -0.15) is 0 Å². The lowest BCUT2D eigenvalue weighted by Gasteiger charge is -2.18. The maximum atomic E-state index is 14.0. The lowest BCUT2D eigenvalue weighted by molar-refractivity contribution is 0.0785. The molecule has 24 heavy (non-hydrogen) atoms. The Bertz CT molecular complexity index is 883. The highest BCUT2D eigenvalue weighted by Crippen LogP contribution is 2.25. The Hall–Kier alpha value is -2.33. The Labute approximate surface area is 145 Å². The minimum absolute atomic E-state index is 0.121. The second-order valence-electron chi connectivity index (χ2n) is 5.71. The SMILES string of the molecule is CCn1cc(C(=O)N(C)Cc2c(F)cccc2Cl)c2ccccc21. The van der Waals surface area contributed by atoms with Crippen molar-refractivity contribution in [2.24, 2.45) is 0 Å². The molecule has 0 aliphatic rings. The van der Waals surface area contributed by atoms with Crippen LogP contribution >= 0.6 is 11.6 Å². The van der Waals surface area contributed by atoms with E-state index in [1.54, 1.807) is 19.2 Å². The van der Waals surface area contributed by atoms with Crippen molar-refractivity contribution in [1.29, 1.82) is 0 Å². The number of hydrogen-bond donors (Lipinski definition) is 0. The molecule has 1 aromatic heterocycles. The van der Waals surface area contributed by atoms with Crippen LogP contribution in [-0.2, 0) is 13.1 Å². The zero-order chi connectivity index (χ0) is 17.3. The largest absolute Gasteiger partial charge is 0.347 e. The molecule has 3 aromatic rings. The second kappa shape index (κ2) is 6.65. The van der Waals surface area contributed by atoms with Gasteiger partial charge < -0.3 is 9.47 Å². The smallest absolute Gasteiger partial charge is 0.256 e. The Morgan fingerprint density at radius 3 is 2.67 bits per heavy atom. The van der Waals surface area contributed by atoms with Gasteiger partial charge in [-0.05, 0) is 25.1 Å². The summed E-state index contributed by atoms with van der Waals surface area (Å²) in [6, 6.07) is 12.3. The van der Waals surface area contributed by atoms with E-state index in [1.165, 1.54) is 11.0 Å². The summed E-state index contributed by atoms with van der Waals surface area (Å²) >= 11 is 6.06. The number of aromatic nitrogens is 1. The summed E-state index contributed by atoms with van der Waals surface area (Å²) < 4.78 is 16.0. The molecule has 0 saturated carbocycles. The fourth-order valence-electron chi connectivity index (χ4n) is 2.88. The number of fused-ring (bicyclic) bond motifs is 1. The van der Waals surface area contributed by atoms with Crippen molar-refractivity contribution in [2.45, 2.75) is 20.0 Å². The van der Waals surface area contributed by atoms with Crippen LogP contribution in [0.1, 0.15) is 22.8 Å². The molecule has 0 unspecified atom stereocenters. The van der Waals surface area contributed by atoms with E-state index in [0.29, 0.717) is 16.1 Å². The standard InChI is InChI=1S/C19H18ClFN2O/c1-3-23-12-14(13-7-4-5-10-18(13)23)19(24)22(2)11-15-16(20)8-6-9-17(15)21/h4-10,12H,3,11H2,1-2H3. The Morgan fingerprint density at radius 2 is 1.96 bits per heavy atom. The Kier molecular flexibility index (Phi) is 4.58. The van der Waals surface area contributed by atoms with Crippen LogP contribution in [0.2, 0.25) is 5.02 Å². The lowest BCUT2D eigenvalue weighted by atomic mass is 10.1. The van der Waals surface area contributed by atoms with E-state index in [4.69, 9.17) is 11.6 Å². The van der Waals surface area contributed by atoms with Gasteiger partial charge in [-0.15, -0.1) is 0 Å². The predicted octanol–water partition coefficient (Wildman–Crippen LogP) is 4.73. The van der Waals surface area contributed by atoms with Crippen molar-refractivity contribution < 1.29 is 9.18 Å². The number of carbonyl (C=O) groups is 1. The van der Waals surface area contributed by atoms with Crippen molar-refractivity contribution >= 4 is 28.4 Å². The number of halogens is 2. The first kappa shape index (κ1) is 16.5. The van der Waals surface area contributed by atoms with E-state index in [2.05, 4.69) is 0 Å². The molecule has 0 spiro atoms. The molecule has 1 heterocycles. The van der Waals surface area contributed by atoms with Gasteiger partial charge >= 0.3 is 0 Å². The molecule has 0 N–H and O–H groups in total. The van der Waals surface area contributed by atoms with Gasteiger partial charge in [-0.3, -0.25) is 4.79 Å². The van der Waals surface area contributed by atoms with Crippen LogP contribution in [0, 0.1) is 5.82 Å². The van der Waals surface area contributed by atoms with Crippen molar-refractivity contribution in [3.63, 3.8) is 0 Å². The van der Waals surface area contributed by atoms with Gasteiger partial charge in [-0.1, -0.05) is 35.9 Å². The average molecular weight is 345 g/mol. The van der Waals surface area contributed by atoms with Gasteiger partial charge in [0.05, 0.1) is 5.56 Å². The normalized spacial score (nSPS) is 11.0. The molecule has 0 aliphatic carbocycles. The van der Waals surface area contributed by atoms with E-state index < -0.39 is 5.82 Å². The van der Waals surface area contributed by atoms with Crippen LogP contribution in [0.5, 0.6) is 0 Å². The summed E-state index contributed by atoms with van der Waals surface area (Å²) in [5, 5.41) is 1.22. The number of benzene rings is 2. The van der Waals surface area contributed by atoms with E-state index in [9.17, 15) is 9.18 Å². The third-order valence-corrected chi connectivity index (χ3v) is 4.52. The summed E-state index contributed by atoms with van der Waals surface area (Å²) in [6.45, 7) is 2.93. The summed E-state index contributed by atoms with van der Waals surface area (Å²) in [7, 11) is 1.66. The molecule has 0 bridgehead atoms. The number of hydrogen-bond acceptors (Lipinski definition) is 1. The van der Waals surface area contributed by atoms with Crippen LogP contribution < -0.4 is 0 Å². The summed E-state index contributed by atoms with van der Waals surface area (Å²) in [5.74, 6) is -0.559. The molecular weight excluding hydrogens is 327 g/mol. The van der Waals surface area contributed by atoms with Crippen molar-refractivity contribution in [3.8, 4) is 0 Å². The monoisotopic (exact) mass is 344 g/mol. The molecule has 124 valence electrons. The Morgan fingerprint density at radius 1 is 1.21 bits per heavy atom. The molecule has 2 aromatic carbocycles. The highest BCUT2D eigenvalue weighted by atomic mass is 35.5. The maximum absolute atomic E-state index is 14.0. The van der Waals surface area contributed by atoms with Gasteiger partial charge in [0.15, 0.2) is 0 Å². The molecule has 0 saturated heterocycles. The van der Waals surface area contributed by atoms with Crippen LogP contribution in [-0.4, -0.2) is 22.4 Å². The molecule has 0 radical (unpaired) electrons. The molecule has 3 rings (SSSR count).